The van der Waals surface area contributed by atoms with Crippen LogP contribution in [0, 0.1) is 68.0 Å². The molecule has 5 nitrogen and oxygen atoms in total. The normalized spacial score (nSPS) is 39.1. The number of hydrogen-bond donors (Lipinski definition) is 1. The van der Waals surface area contributed by atoms with Gasteiger partial charge in [-0.05, 0) is 140 Å². The molecule has 0 bridgehead atoms. The minimum atomic E-state index is -0.570. The lowest BCUT2D eigenvalue weighted by molar-refractivity contribution is -0.222. The molecule has 0 spiro atoms. The fourth-order valence-electron chi connectivity index (χ4n) is 13.8. The number of hydrogen-bond acceptors (Lipinski definition) is 4. The maximum atomic E-state index is 13.0. The molecule has 1 aromatic rings. The second-order valence-corrected chi connectivity index (χ2v) is 19.9. The lowest BCUT2D eigenvalue weighted by Crippen LogP contribution is -2.63. The molecule has 5 saturated carbocycles. The number of nitriles is 1. The lowest BCUT2D eigenvalue weighted by atomic mass is 9.36. The van der Waals surface area contributed by atoms with Crippen molar-refractivity contribution >= 4 is 12.4 Å². The van der Waals surface area contributed by atoms with Crippen molar-refractivity contribution in [3.05, 3.63) is 35.9 Å². The smallest absolute Gasteiger partial charge is 0.306 e. The highest BCUT2D eigenvalue weighted by atomic mass is 16.5. The van der Waals surface area contributed by atoms with E-state index in [4.69, 9.17) is 4.74 Å². The van der Waals surface area contributed by atoms with Crippen LogP contribution >= 0.6 is 0 Å². The summed E-state index contributed by atoms with van der Waals surface area (Å²) in [6.45, 7) is 17.1. The van der Waals surface area contributed by atoms with Crippen LogP contribution in [-0.4, -0.2) is 25.0 Å². The van der Waals surface area contributed by atoms with Crippen LogP contribution in [0.25, 0.3) is 0 Å². The van der Waals surface area contributed by atoms with Crippen LogP contribution in [0.3, 0.4) is 0 Å². The predicted molar refractivity (Wildman–Crippen MR) is 196 cm³/mol. The molecule has 0 heterocycles. The number of rotatable bonds is 10. The highest BCUT2D eigenvalue weighted by molar-refractivity contribution is 5.70. The van der Waals surface area contributed by atoms with E-state index < -0.39 is 5.41 Å². The van der Waals surface area contributed by atoms with Gasteiger partial charge in [0.1, 0.15) is 6.10 Å². The van der Waals surface area contributed by atoms with Gasteiger partial charge in [-0.2, -0.15) is 5.26 Å². The van der Waals surface area contributed by atoms with Gasteiger partial charge in [0.05, 0.1) is 17.9 Å². The molecule has 1 N–H and O–H groups in total. The number of benzene rings is 1. The maximum Gasteiger partial charge on any atom is 0.306 e. The molecular formula is C44H66N2O3. The highest BCUT2D eigenvalue weighted by Crippen LogP contribution is 2.73. The predicted octanol–water partition coefficient (Wildman–Crippen LogP) is 10.2. The Morgan fingerprint density at radius 1 is 0.898 bits per heavy atom. The number of fused-ring (bicyclic) bond motifs is 7. The number of carbonyl (C=O) groups is 2. The molecular weight excluding hydrogens is 604 g/mol. The van der Waals surface area contributed by atoms with E-state index >= 15 is 0 Å². The Bertz CT molecular complexity index is 1390. The van der Waals surface area contributed by atoms with Crippen molar-refractivity contribution in [3.63, 3.8) is 0 Å². The number of esters is 1. The van der Waals surface area contributed by atoms with Crippen molar-refractivity contribution in [2.24, 2.45) is 56.7 Å². The third kappa shape index (κ3) is 6.39. The van der Waals surface area contributed by atoms with Crippen LogP contribution in [0.1, 0.15) is 150 Å². The first-order valence-corrected chi connectivity index (χ1v) is 20.0. The molecule has 5 heteroatoms. The summed E-state index contributed by atoms with van der Waals surface area (Å²) >= 11 is 0. The summed E-state index contributed by atoms with van der Waals surface area (Å²) in [6, 6.07) is 13.2. The van der Waals surface area contributed by atoms with E-state index in [-0.39, 0.29) is 28.3 Å². The summed E-state index contributed by atoms with van der Waals surface area (Å²) in [5.41, 5.74) is 1.47. The first-order chi connectivity index (χ1) is 23.1. The molecule has 0 aliphatic heterocycles. The molecule has 9 unspecified atom stereocenters. The van der Waals surface area contributed by atoms with Crippen molar-refractivity contribution in [1.82, 2.24) is 5.32 Å². The van der Waals surface area contributed by atoms with Crippen molar-refractivity contribution in [2.45, 2.75) is 156 Å². The number of carbonyl (C=O) groups excluding carboxylic acids is 2. The molecule has 49 heavy (non-hydrogen) atoms. The van der Waals surface area contributed by atoms with E-state index in [1.54, 1.807) is 0 Å². The van der Waals surface area contributed by atoms with Gasteiger partial charge in [-0.1, -0.05) is 85.2 Å². The Morgan fingerprint density at radius 2 is 1.63 bits per heavy atom. The monoisotopic (exact) mass is 671 g/mol. The van der Waals surface area contributed by atoms with Crippen molar-refractivity contribution in [2.75, 3.05) is 6.54 Å². The molecule has 6 rings (SSSR count). The average molecular weight is 671 g/mol. The van der Waals surface area contributed by atoms with Gasteiger partial charge in [-0.3, -0.25) is 9.59 Å². The first-order valence-electron chi connectivity index (χ1n) is 20.0. The Hall–Kier alpha value is -2.35. The minimum Gasteiger partial charge on any atom is -0.462 e. The Balaban J connectivity index is 1.19. The minimum absolute atomic E-state index is 0.0144. The standard InChI is InChI=1S/C44H66N2O3/c1-39(2,3)28-38(48)49-37-19-22-42(7)35(40(37,4)5)18-21-41(6)33-17-23-43(20-11-14-34(43)32(33)15-16-36(41)42)24-25-44(29-45,26-27-46-30-47)31-12-9-8-10-13-31/h8-10,12-13,30,32-37H,11,14-28H2,1-7H3,(H,46,47)/t32?,33?,34?,35?,36?,37?,41?,42-,43?,44?/m1/s1. The molecule has 5 aliphatic rings. The van der Waals surface area contributed by atoms with Crippen LogP contribution in [0.5, 0.6) is 0 Å². The lowest BCUT2D eigenvalue weighted by Gasteiger charge is -2.69. The van der Waals surface area contributed by atoms with E-state index in [1.807, 2.05) is 6.07 Å². The number of nitrogens with zero attached hydrogens (tertiary/aromatic N) is 1. The van der Waals surface area contributed by atoms with Gasteiger partial charge in [0.15, 0.2) is 0 Å². The molecule has 1 amide bonds. The van der Waals surface area contributed by atoms with Crippen LogP contribution in [0.4, 0.5) is 0 Å². The van der Waals surface area contributed by atoms with Crippen LogP contribution in [0.2, 0.25) is 0 Å². The Kier molecular flexibility index (Phi) is 9.91. The zero-order chi connectivity index (χ0) is 35.3. The quantitative estimate of drug-likeness (QED) is 0.153. The van der Waals surface area contributed by atoms with Gasteiger partial charge in [-0.15, -0.1) is 0 Å². The van der Waals surface area contributed by atoms with Crippen LogP contribution < -0.4 is 5.32 Å². The van der Waals surface area contributed by atoms with Crippen LogP contribution in [0.15, 0.2) is 30.3 Å². The van der Waals surface area contributed by atoms with E-state index in [9.17, 15) is 14.9 Å². The average Bonchev–Trinajstić information content (AvgIpc) is 3.48. The maximum absolute atomic E-state index is 13.0. The summed E-state index contributed by atoms with van der Waals surface area (Å²) in [7, 11) is 0. The number of nitrogens with one attached hydrogen (secondary N) is 1. The van der Waals surface area contributed by atoms with Gasteiger partial charge in [0, 0.05) is 12.0 Å². The second kappa shape index (κ2) is 13.3. The van der Waals surface area contributed by atoms with Gasteiger partial charge in [0.2, 0.25) is 6.41 Å². The van der Waals surface area contributed by atoms with E-state index in [0.29, 0.717) is 36.1 Å². The van der Waals surface area contributed by atoms with Crippen LogP contribution in [-0.2, 0) is 19.7 Å². The van der Waals surface area contributed by atoms with Gasteiger partial charge in [-0.25, -0.2) is 0 Å². The summed E-state index contributed by atoms with van der Waals surface area (Å²) in [5, 5.41) is 13.6. The summed E-state index contributed by atoms with van der Waals surface area (Å²) in [4.78, 5) is 24.1. The molecule has 5 aliphatic carbocycles. The largest absolute Gasteiger partial charge is 0.462 e. The summed E-state index contributed by atoms with van der Waals surface area (Å²) in [5.74, 6) is 3.64. The molecule has 0 radical (unpaired) electrons. The van der Waals surface area contributed by atoms with Gasteiger partial charge in [0.25, 0.3) is 0 Å². The summed E-state index contributed by atoms with van der Waals surface area (Å²) in [6.07, 6.45) is 18.0. The Morgan fingerprint density at radius 3 is 2.33 bits per heavy atom. The molecule has 1 aromatic carbocycles. The first kappa shape index (κ1) is 36.4. The van der Waals surface area contributed by atoms with E-state index in [1.165, 1.54) is 64.2 Å². The third-order valence-electron chi connectivity index (χ3n) is 15.9. The zero-order valence-electron chi connectivity index (χ0n) is 31.9. The van der Waals surface area contributed by atoms with Crippen molar-refractivity contribution < 1.29 is 14.3 Å². The van der Waals surface area contributed by atoms with Gasteiger partial charge < -0.3 is 10.1 Å². The Labute approximate surface area is 298 Å². The zero-order valence-corrected chi connectivity index (χ0v) is 31.9. The number of ether oxygens (including phenoxy) is 1. The molecule has 0 saturated heterocycles. The summed E-state index contributed by atoms with van der Waals surface area (Å²) < 4.78 is 6.31. The fraction of sp³-hybridized carbons (Fsp3) is 0.795. The van der Waals surface area contributed by atoms with Crippen molar-refractivity contribution in [3.8, 4) is 6.07 Å². The van der Waals surface area contributed by atoms with Crippen molar-refractivity contribution in [1.29, 1.82) is 5.26 Å². The molecule has 270 valence electrons. The molecule has 0 aromatic heterocycles. The number of amides is 1. The molecule has 5 fully saturated rings. The SMILES string of the molecule is CC(C)(C)CC(=O)OC1CC[C@]2(C)C(CCC3(C)C4CCC5(CCC(C#N)(CCNC=O)c6ccccc6)CCCC5C4CCC32)C1(C)C. The highest BCUT2D eigenvalue weighted by Gasteiger charge is 2.66. The van der Waals surface area contributed by atoms with E-state index in [0.717, 1.165) is 54.9 Å². The fourth-order valence-corrected chi connectivity index (χ4v) is 13.8. The second-order valence-electron chi connectivity index (χ2n) is 19.9. The van der Waals surface area contributed by atoms with E-state index in [2.05, 4.69) is 84.1 Å². The topological polar surface area (TPSA) is 79.2 Å². The molecule has 10 atom stereocenters. The third-order valence-corrected chi connectivity index (χ3v) is 15.9. The van der Waals surface area contributed by atoms with Gasteiger partial charge >= 0.3 is 5.97 Å².